The molecule has 0 aliphatic carbocycles. The Morgan fingerprint density at radius 1 is 1.22 bits per heavy atom. The standard InChI is InChI=1S/C12H22N4O2/c1-6-17-10-9(13)11(15-8-14-10)18-7-12(2,3)16(4)5/h8H,6-7,13H2,1-5H3. The Morgan fingerprint density at radius 2 is 1.78 bits per heavy atom. The van der Waals surface area contributed by atoms with E-state index in [4.69, 9.17) is 15.2 Å². The zero-order valence-electron chi connectivity index (χ0n) is 11.7. The predicted molar refractivity (Wildman–Crippen MR) is 70.9 cm³/mol. The minimum Gasteiger partial charge on any atom is -0.476 e. The van der Waals surface area contributed by atoms with E-state index >= 15 is 0 Å². The Kier molecular flexibility index (Phi) is 4.72. The molecule has 0 atom stereocenters. The SMILES string of the molecule is CCOc1ncnc(OCC(C)(C)N(C)C)c1N. The lowest BCUT2D eigenvalue weighted by atomic mass is 10.1. The number of nitrogens with zero attached hydrogens (tertiary/aromatic N) is 3. The van der Waals surface area contributed by atoms with Gasteiger partial charge in [-0.05, 0) is 34.9 Å². The molecule has 0 aromatic carbocycles. The maximum Gasteiger partial charge on any atom is 0.244 e. The molecule has 0 fully saturated rings. The molecule has 0 bridgehead atoms. The molecule has 1 aromatic heterocycles. The number of hydrogen-bond donors (Lipinski definition) is 1. The second kappa shape index (κ2) is 5.86. The summed E-state index contributed by atoms with van der Waals surface area (Å²) in [7, 11) is 4.00. The van der Waals surface area contributed by atoms with Crippen LogP contribution in [0.25, 0.3) is 0 Å². The molecule has 0 spiro atoms. The van der Waals surface area contributed by atoms with Crippen molar-refractivity contribution in [3.05, 3.63) is 6.33 Å². The fourth-order valence-corrected chi connectivity index (χ4v) is 1.11. The summed E-state index contributed by atoms with van der Waals surface area (Å²) in [5.41, 5.74) is 6.12. The maximum absolute atomic E-state index is 5.89. The minimum atomic E-state index is -0.108. The van der Waals surface area contributed by atoms with Crippen molar-refractivity contribution in [3.8, 4) is 11.8 Å². The fraction of sp³-hybridized carbons (Fsp3) is 0.667. The number of rotatable bonds is 6. The lowest BCUT2D eigenvalue weighted by molar-refractivity contribution is 0.111. The van der Waals surface area contributed by atoms with Crippen molar-refractivity contribution in [2.75, 3.05) is 33.0 Å². The summed E-state index contributed by atoms with van der Waals surface area (Å²) < 4.78 is 10.9. The monoisotopic (exact) mass is 254 g/mol. The van der Waals surface area contributed by atoms with Gasteiger partial charge in [-0.25, -0.2) is 0 Å². The molecule has 2 N–H and O–H groups in total. The van der Waals surface area contributed by atoms with Gasteiger partial charge in [0.05, 0.1) is 6.61 Å². The van der Waals surface area contributed by atoms with Gasteiger partial charge in [-0.1, -0.05) is 0 Å². The van der Waals surface area contributed by atoms with Gasteiger partial charge in [-0.15, -0.1) is 0 Å². The number of anilines is 1. The second-order valence-electron chi connectivity index (χ2n) is 4.83. The number of aromatic nitrogens is 2. The Morgan fingerprint density at radius 3 is 2.28 bits per heavy atom. The van der Waals surface area contributed by atoms with Crippen LogP contribution in [0.3, 0.4) is 0 Å². The van der Waals surface area contributed by atoms with Gasteiger partial charge in [0, 0.05) is 5.54 Å². The number of nitrogen functional groups attached to an aromatic ring is 1. The average molecular weight is 254 g/mol. The molecular weight excluding hydrogens is 232 g/mol. The highest BCUT2D eigenvalue weighted by Gasteiger charge is 2.22. The Bertz CT molecular complexity index is 394. The number of ether oxygens (including phenoxy) is 2. The van der Waals surface area contributed by atoms with E-state index in [2.05, 4.69) is 28.7 Å². The van der Waals surface area contributed by atoms with Crippen LogP contribution in [-0.2, 0) is 0 Å². The van der Waals surface area contributed by atoms with Crippen molar-refractivity contribution in [2.45, 2.75) is 26.3 Å². The molecule has 0 saturated heterocycles. The van der Waals surface area contributed by atoms with E-state index in [0.717, 1.165) is 0 Å². The van der Waals surface area contributed by atoms with Crippen LogP contribution >= 0.6 is 0 Å². The molecule has 0 unspecified atom stereocenters. The zero-order chi connectivity index (χ0) is 13.8. The molecule has 18 heavy (non-hydrogen) atoms. The Labute approximate surface area is 108 Å². The van der Waals surface area contributed by atoms with E-state index < -0.39 is 0 Å². The largest absolute Gasteiger partial charge is 0.476 e. The first kappa shape index (κ1) is 14.5. The van der Waals surface area contributed by atoms with Gasteiger partial charge in [0.25, 0.3) is 0 Å². The van der Waals surface area contributed by atoms with E-state index in [1.54, 1.807) is 0 Å². The molecule has 6 nitrogen and oxygen atoms in total. The van der Waals surface area contributed by atoms with Gasteiger partial charge in [-0.3, -0.25) is 0 Å². The van der Waals surface area contributed by atoms with Crippen LogP contribution in [0, 0.1) is 0 Å². The number of hydrogen-bond acceptors (Lipinski definition) is 6. The summed E-state index contributed by atoms with van der Waals surface area (Å²) in [6.45, 7) is 7.01. The highest BCUT2D eigenvalue weighted by atomic mass is 16.5. The van der Waals surface area contributed by atoms with Crippen LogP contribution < -0.4 is 15.2 Å². The van der Waals surface area contributed by atoms with Crippen LogP contribution in [0.2, 0.25) is 0 Å². The fourth-order valence-electron chi connectivity index (χ4n) is 1.11. The van der Waals surface area contributed by atoms with Crippen molar-refractivity contribution < 1.29 is 9.47 Å². The first-order valence-corrected chi connectivity index (χ1v) is 5.92. The van der Waals surface area contributed by atoms with E-state index in [9.17, 15) is 0 Å². The lowest BCUT2D eigenvalue weighted by Gasteiger charge is -2.32. The second-order valence-corrected chi connectivity index (χ2v) is 4.83. The third kappa shape index (κ3) is 3.46. The maximum atomic E-state index is 5.89. The van der Waals surface area contributed by atoms with Gasteiger partial charge < -0.3 is 20.1 Å². The topological polar surface area (TPSA) is 73.5 Å². The predicted octanol–water partition coefficient (Wildman–Crippen LogP) is 1.18. The van der Waals surface area contributed by atoms with Crippen molar-refractivity contribution in [2.24, 2.45) is 0 Å². The molecular formula is C12H22N4O2. The van der Waals surface area contributed by atoms with Gasteiger partial charge in [0.2, 0.25) is 11.8 Å². The first-order chi connectivity index (χ1) is 8.38. The number of likely N-dealkylation sites (N-methyl/N-ethyl adjacent to an activating group) is 1. The van der Waals surface area contributed by atoms with Crippen LogP contribution in [0.5, 0.6) is 11.8 Å². The highest BCUT2D eigenvalue weighted by Crippen LogP contribution is 2.27. The molecule has 6 heteroatoms. The van der Waals surface area contributed by atoms with Crippen molar-refractivity contribution >= 4 is 5.69 Å². The van der Waals surface area contributed by atoms with Crippen LogP contribution in [0.1, 0.15) is 20.8 Å². The Balaban J connectivity index is 2.77. The third-order valence-electron chi connectivity index (χ3n) is 2.86. The van der Waals surface area contributed by atoms with E-state index in [1.165, 1.54) is 6.33 Å². The molecule has 102 valence electrons. The van der Waals surface area contributed by atoms with Crippen molar-refractivity contribution in [3.63, 3.8) is 0 Å². The summed E-state index contributed by atoms with van der Waals surface area (Å²) in [6.07, 6.45) is 1.39. The lowest BCUT2D eigenvalue weighted by Crippen LogP contribution is -2.43. The van der Waals surface area contributed by atoms with Gasteiger partial charge >= 0.3 is 0 Å². The molecule has 1 rings (SSSR count). The van der Waals surface area contributed by atoms with E-state index in [-0.39, 0.29) is 5.54 Å². The molecule has 0 amide bonds. The summed E-state index contributed by atoms with van der Waals surface area (Å²) in [6, 6.07) is 0. The van der Waals surface area contributed by atoms with Crippen LogP contribution in [0.15, 0.2) is 6.33 Å². The normalized spacial score (nSPS) is 11.7. The summed E-state index contributed by atoms with van der Waals surface area (Å²) >= 11 is 0. The Hall–Kier alpha value is -1.56. The minimum absolute atomic E-state index is 0.108. The zero-order valence-corrected chi connectivity index (χ0v) is 11.7. The van der Waals surface area contributed by atoms with Crippen molar-refractivity contribution in [1.29, 1.82) is 0 Å². The van der Waals surface area contributed by atoms with Crippen molar-refractivity contribution in [1.82, 2.24) is 14.9 Å². The smallest absolute Gasteiger partial charge is 0.244 e. The molecule has 0 aliphatic rings. The molecule has 1 aromatic rings. The van der Waals surface area contributed by atoms with E-state index in [0.29, 0.717) is 30.7 Å². The third-order valence-corrected chi connectivity index (χ3v) is 2.86. The van der Waals surface area contributed by atoms with Crippen LogP contribution in [0.4, 0.5) is 5.69 Å². The van der Waals surface area contributed by atoms with Crippen LogP contribution in [-0.4, -0.2) is 47.7 Å². The molecule has 0 saturated carbocycles. The van der Waals surface area contributed by atoms with E-state index in [1.807, 2.05) is 21.0 Å². The summed E-state index contributed by atoms with van der Waals surface area (Å²) in [4.78, 5) is 10.1. The van der Waals surface area contributed by atoms with Gasteiger partial charge in [0.1, 0.15) is 12.9 Å². The highest BCUT2D eigenvalue weighted by molar-refractivity contribution is 5.55. The quantitative estimate of drug-likeness (QED) is 0.821. The summed E-state index contributed by atoms with van der Waals surface area (Å²) in [5, 5.41) is 0. The molecule has 0 radical (unpaired) electrons. The van der Waals surface area contributed by atoms with Gasteiger partial charge in [0.15, 0.2) is 5.69 Å². The number of nitrogens with two attached hydrogens (primary N) is 1. The average Bonchev–Trinajstić information content (AvgIpc) is 2.30. The molecule has 1 heterocycles. The molecule has 0 aliphatic heterocycles. The summed E-state index contributed by atoms with van der Waals surface area (Å²) in [5.74, 6) is 0.730. The first-order valence-electron chi connectivity index (χ1n) is 5.92. The van der Waals surface area contributed by atoms with Gasteiger partial charge in [-0.2, -0.15) is 9.97 Å².